The molecule has 0 N–H and O–H groups in total. The van der Waals surface area contributed by atoms with Crippen molar-refractivity contribution in [2.75, 3.05) is 0 Å². The van der Waals surface area contributed by atoms with Crippen molar-refractivity contribution in [3.05, 3.63) is 80.2 Å². The largest absolute Gasteiger partial charge is 0.270 e. The minimum absolute atomic E-state index is 0.0145. The van der Waals surface area contributed by atoms with E-state index in [-0.39, 0.29) is 5.69 Å². The SMILES string of the molecule is O=[N+]([O-])c1cccc(/C=C/S(=O)Cc2ccc(Cl)cc2)c1. The molecule has 0 amide bonds. The molecule has 2 aromatic carbocycles. The molecule has 0 bridgehead atoms. The Morgan fingerprint density at radius 3 is 2.57 bits per heavy atom. The van der Waals surface area contributed by atoms with Gasteiger partial charge in [0.05, 0.1) is 21.5 Å². The number of rotatable bonds is 5. The first-order chi connectivity index (χ1) is 10.0. The topological polar surface area (TPSA) is 60.2 Å². The van der Waals surface area contributed by atoms with Crippen LogP contribution in [0.3, 0.4) is 0 Å². The molecule has 0 heterocycles. The Balaban J connectivity index is 2.03. The van der Waals surface area contributed by atoms with Crippen LogP contribution in [0.2, 0.25) is 5.02 Å². The van der Waals surface area contributed by atoms with E-state index in [4.69, 9.17) is 11.6 Å². The standard InChI is InChI=1S/C15H12ClNO3S/c16-14-6-4-13(5-7-14)11-21(20)9-8-12-2-1-3-15(10-12)17(18)19/h1-10H,11H2/b9-8+. The number of halogens is 1. The Hall–Kier alpha value is -1.98. The maximum atomic E-state index is 11.9. The molecule has 0 fully saturated rings. The smallest absolute Gasteiger partial charge is 0.258 e. The zero-order valence-electron chi connectivity index (χ0n) is 10.9. The third-order valence-corrected chi connectivity index (χ3v) is 4.02. The molecule has 1 atom stereocenters. The van der Waals surface area contributed by atoms with Crippen molar-refractivity contribution in [2.45, 2.75) is 5.75 Å². The molecule has 0 aliphatic rings. The van der Waals surface area contributed by atoms with Gasteiger partial charge in [0.1, 0.15) is 0 Å². The van der Waals surface area contributed by atoms with Crippen LogP contribution in [-0.2, 0) is 16.6 Å². The molecule has 0 saturated heterocycles. The second-order valence-corrected chi connectivity index (χ2v) is 6.07. The van der Waals surface area contributed by atoms with Crippen LogP contribution in [-0.4, -0.2) is 9.13 Å². The summed E-state index contributed by atoms with van der Waals surface area (Å²) in [4.78, 5) is 10.2. The fraction of sp³-hybridized carbons (Fsp3) is 0.0667. The van der Waals surface area contributed by atoms with Gasteiger partial charge in [-0.3, -0.25) is 14.3 Å². The number of non-ortho nitro benzene ring substituents is 1. The molecular weight excluding hydrogens is 310 g/mol. The van der Waals surface area contributed by atoms with E-state index in [1.807, 2.05) is 12.1 Å². The van der Waals surface area contributed by atoms with Gasteiger partial charge >= 0.3 is 0 Å². The Labute approximate surface area is 129 Å². The molecule has 108 valence electrons. The Morgan fingerprint density at radius 2 is 1.90 bits per heavy atom. The van der Waals surface area contributed by atoms with Gasteiger partial charge in [-0.1, -0.05) is 35.9 Å². The zero-order chi connectivity index (χ0) is 15.2. The minimum Gasteiger partial charge on any atom is -0.258 e. The van der Waals surface area contributed by atoms with Gasteiger partial charge in [-0.25, -0.2) is 0 Å². The van der Waals surface area contributed by atoms with Crippen LogP contribution in [0, 0.1) is 10.1 Å². The highest BCUT2D eigenvalue weighted by atomic mass is 35.5. The van der Waals surface area contributed by atoms with Crippen molar-refractivity contribution in [3.63, 3.8) is 0 Å². The third kappa shape index (κ3) is 4.81. The maximum absolute atomic E-state index is 11.9. The second kappa shape index (κ2) is 7.15. The van der Waals surface area contributed by atoms with E-state index in [9.17, 15) is 14.3 Å². The van der Waals surface area contributed by atoms with Crippen molar-refractivity contribution < 1.29 is 9.13 Å². The first kappa shape index (κ1) is 15.4. The normalized spacial score (nSPS) is 12.4. The molecule has 2 rings (SSSR count). The van der Waals surface area contributed by atoms with Crippen LogP contribution in [0.25, 0.3) is 6.08 Å². The van der Waals surface area contributed by atoms with Gasteiger partial charge in [-0.05, 0) is 29.3 Å². The summed E-state index contributed by atoms with van der Waals surface area (Å²) < 4.78 is 11.9. The van der Waals surface area contributed by atoms with E-state index in [0.717, 1.165) is 5.56 Å². The summed E-state index contributed by atoms with van der Waals surface area (Å²) in [7, 11) is -1.19. The second-order valence-electron chi connectivity index (χ2n) is 4.31. The van der Waals surface area contributed by atoms with Gasteiger partial charge in [0.2, 0.25) is 0 Å². The molecule has 21 heavy (non-hydrogen) atoms. The number of hydrogen-bond acceptors (Lipinski definition) is 3. The average molecular weight is 322 g/mol. The fourth-order valence-electron chi connectivity index (χ4n) is 1.69. The van der Waals surface area contributed by atoms with Crippen LogP contribution < -0.4 is 0 Å². The van der Waals surface area contributed by atoms with Crippen LogP contribution in [0.15, 0.2) is 53.9 Å². The van der Waals surface area contributed by atoms with E-state index in [1.165, 1.54) is 17.5 Å². The van der Waals surface area contributed by atoms with Crippen molar-refractivity contribution >= 4 is 34.2 Å². The van der Waals surface area contributed by atoms with Crippen LogP contribution >= 0.6 is 11.6 Å². The van der Waals surface area contributed by atoms with E-state index in [1.54, 1.807) is 30.3 Å². The fourth-order valence-corrected chi connectivity index (χ4v) is 2.74. The highest BCUT2D eigenvalue weighted by molar-refractivity contribution is 7.87. The molecule has 0 radical (unpaired) electrons. The molecule has 6 heteroatoms. The summed E-state index contributed by atoms with van der Waals surface area (Å²) >= 11 is 5.78. The molecule has 4 nitrogen and oxygen atoms in total. The van der Waals surface area contributed by atoms with Gasteiger partial charge < -0.3 is 0 Å². The number of nitro benzene ring substituents is 1. The molecule has 0 aromatic heterocycles. The zero-order valence-corrected chi connectivity index (χ0v) is 12.5. The maximum Gasteiger partial charge on any atom is 0.270 e. The average Bonchev–Trinajstić information content (AvgIpc) is 2.48. The van der Waals surface area contributed by atoms with Crippen molar-refractivity contribution in [3.8, 4) is 0 Å². The van der Waals surface area contributed by atoms with Crippen LogP contribution in [0.1, 0.15) is 11.1 Å². The van der Waals surface area contributed by atoms with Crippen molar-refractivity contribution in [1.29, 1.82) is 0 Å². The lowest BCUT2D eigenvalue weighted by molar-refractivity contribution is -0.384. The number of benzene rings is 2. The summed E-state index contributed by atoms with van der Waals surface area (Å²) in [6, 6.07) is 13.3. The Bertz CT molecular complexity index is 698. The molecule has 1 unspecified atom stereocenters. The summed E-state index contributed by atoms with van der Waals surface area (Å²) in [5.41, 5.74) is 1.58. The summed E-state index contributed by atoms with van der Waals surface area (Å²) in [5.74, 6) is 0.378. The molecule has 0 aliphatic carbocycles. The number of nitro groups is 1. The quantitative estimate of drug-likeness (QED) is 0.613. The molecule has 2 aromatic rings. The lowest BCUT2D eigenvalue weighted by Crippen LogP contribution is -1.91. The number of nitrogens with zero attached hydrogens (tertiary/aromatic N) is 1. The molecule has 0 saturated carbocycles. The van der Waals surface area contributed by atoms with Gasteiger partial charge in [0, 0.05) is 22.6 Å². The molecule has 0 aliphatic heterocycles. The van der Waals surface area contributed by atoms with Gasteiger partial charge in [0.25, 0.3) is 5.69 Å². The highest BCUT2D eigenvalue weighted by Crippen LogP contribution is 2.15. The van der Waals surface area contributed by atoms with E-state index in [2.05, 4.69) is 0 Å². The van der Waals surface area contributed by atoms with Crippen molar-refractivity contribution in [1.82, 2.24) is 0 Å². The van der Waals surface area contributed by atoms with Gasteiger partial charge in [-0.15, -0.1) is 0 Å². The van der Waals surface area contributed by atoms with Crippen molar-refractivity contribution in [2.24, 2.45) is 0 Å². The molecular formula is C15H12ClNO3S. The summed E-state index contributed by atoms with van der Waals surface area (Å²) in [6.07, 6.45) is 1.62. The first-order valence-electron chi connectivity index (χ1n) is 6.09. The lowest BCUT2D eigenvalue weighted by atomic mass is 10.2. The minimum atomic E-state index is -1.19. The molecule has 0 spiro atoms. The van der Waals surface area contributed by atoms with E-state index < -0.39 is 15.7 Å². The summed E-state index contributed by atoms with van der Waals surface area (Å²) in [5, 5.41) is 12.8. The van der Waals surface area contributed by atoms with Gasteiger partial charge in [0.15, 0.2) is 0 Å². The monoisotopic (exact) mass is 321 g/mol. The predicted molar refractivity (Wildman–Crippen MR) is 85.4 cm³/mol. The Kier molecular flexibility index (Phi) is 5.25. The van der Waals surface area contributed by atoms with E-state index >= 15 is 0 Å². The summed E-state index contributed by atoms with van der Waals surface area (Å²) in [6.45, 7) is 0. The first-order valence-corrected chi connectivity index (χ1v) is 7.85. The highest BCUT2D eigenvalue weighted by Gasteiger charge is 2.04. The predicted octanol–water partition coefficient (Wildman–Crippen LogP) is 4.17. The van der Waals surface area contributed by atoms with Gasteiger partial charge in [-0.2, -0.15) is 0 Å². The van der Waals surface area contributed by atoms with Crippen LogP contribution in [0.5, 0.6) is 0 Å². The number of hydrogen-bond donors (Lipinski definition) is 0. The van der Waals surface area contributed by atoms with Crippen LogP contribution in [0.4, 0.5) is 5.69 Å². The lowest BCUT2D eigenvalue weighted by Gasteiger charge is -1.99. The third-order valence-electron chi connectivity index (χ3n) is 2.72. The Morgan fingerprint density at radius 1 is 1.19 bits per heavy atom. The van der Waals surface area contributed by atoms with E-state index in [0.29, 0.717) is 16.3 Å².